The Hall–Kier alpha value is -3.48. The second-order valence-corrected chi connectivity index (χ2v) is 7.69. The number of allylic oxidation sites excluding steroid dienone is 2. The maximum absolute atomic E-state index is 13.4. The molecule has 5 rings (SSSR count). The van der Waals surface area contributed by atoms with Crippen LogP contribution in [0, 0.1) is 5.92 Å². The average Bonchev–Trinajstić information content (AvgIpc) is 3.21. The SMILES string of the molecule is CC1=NC2=C(C(=O)CCC2)[C@H](c2ccc3c(c2)OCO3)C1C(=O)Nc1cccnc1. The van der Waals surface area contributed by atoms with Gasteiger partial charge in [-0.15, -0.1) is 0 Å². The molecule has 152 valence electrons. The molecule has 0 spiro atoms. The van der Waals surface area contributed by atoms with Gasteiger partial charge in [0.25, 0.3) is 0 Å². The van der Waals surface area contributed by atoms with E-state index in [4.69, 9.17) is 14.5 Å². The second-order valence-electron chi connectivity index (χ2n) is 7.69. The van der Waals surface area contributed by atoms with Crippen molar-refractivity contribution in [3.8, 4) is 11.5 Å². The van der Waals surface area contributed by atoms with Gasteiger partial charge in [-0.05, 0) is 49.6 Å². The van der Waals surface area contributed by atoms with Crippen LogP contribution in [0.25, 0.3) is 0 Å². The van der Waals surface area contributed by atoms with Crippen molar-refractivity contribution < 1.29 is 19.1 Å². The van der Waals surface area contributed by atoms with Crippen molar-refractivity contribution in [3.05, 3.63) is 59.6 Å². The molecule has 2 aliphatic heterocycles. The molecule has 1 unspecified atom stereocenters. The molecule has 0 saturated carbocycles. The van der Waals surface area contributed by atoms with Crippen LogP contribution in [0.5, 0.6) is 11.5 Å². The summed E-state index contributed by atoms with van der Waals surface area (Å²) in [4.78, 5) is 35.1. The van der Waals surface area contributed by atoms with Crippen molar-refractivity contribution in [1.82, 2.24) is 4.98 Å². The highest BCUT2D eigenvalue weighted by atomic mass is 16.7. The van der Waals surface area contributed by atoms with E-state index in [2.05, 4.69) is 10.3 Å². The van der Waals surface area contributed by atoms with Gasteiger partial charge in [0.15, 0.2) is 17.3 Å². The number of nitrogens with zero attached hydrogens (tertiary/aromatic N) is 2. The Morgan fingerprint density at radius 1 is 1.17 bits per heavy atom. The summed E-state index contributed by atoms with van der Waals surface area (Å²) < 4.78 is 11.0. The first-order valence-corrected chi connectivity index (χ1v) is 10.0. The molecule has 3 heterocycles. The smallest absolute Gasteiger partial charge is 0.234 e. The van der Waals surface area contributed by atoms with Gasteiger partial charge in [-0.25, -0.2) is 0 Å². The number of fused-ring (bicyclic) bond motifs is 1. The molecule has 1 aliphatic carbocycles. The number of benzene rings is 1. The van der Waals surface area contributed by atoms with E-state index in [-0.39, 0.29) is 18.5 Å². The highest BCUT2D eigenvalue weighted by molar-refractivity contribution is 6.13. The van der Waals surface area contributed by atoms with Crippen LogP contribution in [-0.4, -0.2) is 29.2 Å². The number of ketones is 1. The number of hydrogen-bond donors (Lipinski definition) is 1. The number of Topliss-reactive ketones (excluding diaryl/α,β-unsaturated/α-hetero) is 1. The summed E-state index contributed by atoms with van der Waals surface area (Å²) in [5.41, 5.74) is 3.61. The summed E-state index contributed by atoms with van der Waals surface area (Å²) in [6, 6.07) is 9.17. The first kappa shape index (κ1) is 18.5. The zero-order valence-corrected chi connectivity index (χ0v) is 16.6. The Balaban J connectivity index is 1.59. The van der Waals surface area contributed by atoms with E-state index >= 15 is 0 Å². The summed E-state index contributed by atoms with van der Waals surface area (Å²) in [6.45, 7) is 2.03. The fourth-order valence-electron chi connectivity index (χ4n) is 4.47. The Kier molecular flexibility index (Phi) is 4.58. The molecule has 7 heteroatoms. The lowest BCUT2D eigenvalue weighted by Crippen LogP contribution is -2.39. The molecule has 1 aromatic carbocycles. The molecule has 3 aliphatic rings. The van der Waals surface area contributed by atoms with Gasteiger partial charge in [0.2, 0.25) is 12.7 Å². The van der Waals surface area contributed by atoms with Crippen LogP contribution in [0.15, 0.2) is 59.0 Å². The maximum Gasteiger partial charge on any atom is 0.234 e. The Labute approximate surface area is 173 Å². The normalized spacial score (nSPS) is 22.4. The van der Waals surface area contributed by atoms with E-state index in [1.54, 1.807) is 24.5 Å². The third kappa shape index (κ3) is 3.16. The average molecular weight is 403 g/mol. The van der Waals surface area contributed by atoms with Gasteiger partial charge in [-0.3, -0.25) is 19.6 Å². The zero-order valence-electron chi connectivity index (χ0n) is 16.6. The third-order valence-corrected chi connectivity index (χ3v) is 5.80. The Bertz CT molecular complexity index is 1090. The molecule has 0 fully saturated rings. The van der Waals surface area contributed by atoms with Gasteiger partial charge < -0.3 is 14.8 Å². The number of hydrogen-bond acceptors (Lipinski definition) is 6. The number of rotatable bonds is 3. The largest absolute Gasteiger partial charge is 0.454 e. The van der Waals surface area contributed by atoms with Crippen LogP contribution in [0.3, 0.4) is 0 Å². The number of pyridine rings is 1. The van der Waals surface area contributed by atoms with Crippen LogP contribution >= 0.6 is 0 Å². The molecule has 7 nitrogen and oxygen atoms in total. The Morgan fingerprint density at radius 2 is 2.03 bits per heavy atom. The van der Waals surface area contributed by atoms with E-state index < -0.39 is 11.8 Å². The fourth-order valence-corrected chi connectivity index (χ4v) is 4.47. The molecule has 0 saturated heterocycles. The first-order valence-electron chi connectivity index (χ1n) is 10.0. The van der Waals surface area contributed by atoms with Gasteiger partial charge in [0.05, 0.1) is 17.8 Å². The number of carbonyl (C=O) groups excluding carboxylic acids is 2. The summed E-state index contributed by atoms with van der Waals surface area (Å²) in [5, 5.41) is 2.93. The molecular formula is C23H21N3O4. The minimum Gasteiger partial charge on any atom is -0.454 e. The minimum atomic E-state index is -0.605. The van der Waals surface area contributed by atoms with Crippen LogP contribution in [0.4, 0.5) is 5.69 Å². The molecule has 1 N–H and O–H groups in total. The maximum atomic E-state index is 13.4. The number of carbonyl (C=O) groups is 2. The van der Waals surface area contributed by atoms with Crippen molar-refractivity contribution in [2.45, 2.75) is 32.1 Å². The van der Waals surface area contributed by atoms with E-state index in [1.165, 1.54) is 0 Å². The summed E-state index contributed by atoms with van der Waals surface area (Å²) in [7, 11) is 0. The van der Waals surface area contributed by atoms with Gasteiger partial charge >= 0.3 is 0 Å². The van der Waals surface area contributed by atoms with E-state index in [0.29, 0.717) is 34.9 Å². The van der Waals surface area contributed by atoms with Crippen molar-refractivity contribution in [2.75, 3.05) is 12.1 Å². The van der Waals surface area contributed by atoms with Crippen LogP contribution in [0.1, 0.15) is 37.7 Å². The number of aromatic nitrogens is 1. The number of aliphatic imine (C=N–C) groups is 1. The van der Waals surface area contributed by atoms with Crippen molar-refractivity contribution in [2.24, 2.45) is 10.9 Å². The topological polar surface area (TPSA) is 89.9 Å². The van der Waals surface area contributed by atoms with Gasteiger partial charge in [0.1, 0.15) is 0 Å². The van der Waals surface area contributed by atoms with E-state index in [9.17, 15) is 9.59 Å². The molecular weight excluding hydrogens is 382 g/mol. The molecule has 0 radical (unpaired) electrons. The first-order chi connectivity index (χ1) is 14.6. The van der Waals surface area contributed by atoms with Gasteiger partial charge in [-0.1, -0.05) is 6.07 Å². The van der Waals surface area contributed by atoms with Crippen LogP contribution < -0.4 is 14.8 Å². The molecule has 0 bridgehead atoms. The summed E-state index contributed by atoms with van der Waals surface area (Å²) in [5.74, 6) is 0.124. The Morgan fingerprint density at radius 3 is 2.87 bits per heavy atom. The highest BCUT2D eigenvalue weighted by Crippen LogP contribution is 2.45. The van der Waals surface area contributed by atoms with E-state index in [0.717, 1.165) is 24.1 Å². The molecule has 1 amide bonds. The zero-order chi connectivity index (χ0) is 20.7. The number of nitrogens with one attached hydrogen (secondary N) is 1. The number of amides is 1. The monoisotopic (exact) mass is 403 g/mol. The van der Waals surface area contributed by atoms with Crippen molar-refractivity contribution >= 4 is 23.1 Å². The summed E-state index contributed by atoms with van der Waals surface area (Å²) in [6.07, 6.45) is 5.26. The molecule has 2 aromatic rings. The highest BCUT2D eigenvalue weighted by Gasteiger charge is 2.42. The van der Waals surface area contributed by atoms with Gasteiger partial charge in [0, 0.05) is 35.5 Å². The van der Waals surface area contributed by atoms with Crippen molar-refractivity contribution in [1.29, 1.82) is 0 Å². The lowest BCUT2D eigenvalue weighted by atomic mass is 9.71. The molecule has 30 heavy (non-hydrogen) atoms. The number of anilines is 1. The molecule has 1 aromatic heterocycles. The van der Waals surface area contributed by atoms with E-state index in [1.807, 2.05) is 25.1 Å². The number of ether oxygens (including phenoxy) is 2. The van der Waals surface area contributed by atoms with Crippen molar-refractivity contribution in [3.63, 3.8) is 0 Å². The predicted octanol–water partition coefficient (Wildman–Crippen LogP) is 3.63. The third-order valence-electron chi connectivity index (χ3n) is 5.80. The lowest BCUT2D eigenvalue weighted by Gasteiger charge is -2.35. The fraction of sp³-hybridized carbons (Fsp3) is 0.304. The summed E-state index contributed by atoms with van der Waals surface area (Å²) >= 11 is 0. The predicted molar refractivity (Wildman–Crippen MR) is 111 cm³/mol. The van der Waals surface area contributed by atoms with Crippen LogP contribution in [-0.2, 0) is 9.59 Å². The standard InChI is InChI=1S/C23H21N3O4/c1-13-20(23(28)26-15-4-3-9-24-11-15)21(22-16(25-13)5-2-6-17(22)27)14-7-8-18-19(10-14)30-12-29-18/h3-4,7-11,20-21H,2,5-6,12H2,1H3,(H,26,28)/t20?,21-/m1/s1. The quantitative estimate of drug-likeness (QED) is 0.845. The minimum absolute atomic E-state index is 0.0642. The molecule has 2 atom stereocenters. The van der Waals surface area contributed by atoms with Gasteiger partial charge in [-0.2, -0.15) is 0 Å². The van der Waals surface area contributed by atoms with Crippen LogP contribution in [0.2, 0.25) is 0 Å². The second kappa shape index (κ2) is 7.40. The lowest BCUT2D eigenvalue weighted by molar-refractivity contribution is -0.119.